The average Bonchev–Trinajstić information content (AvgIpc) is 3.25. The van der Waals surface area contributed by atoms with Crippen LogP contribution >= 0.6 is 23.1 Å². The third kappa shape index (κ3) is 6.03. The molecule has 1 atom stereocenters. The maximum Gasteiger partial charge on any atom is 0.230 e. The fraction of sp³-hybridized carbons (Fsp3) is 0.467. The van der Waals surface area contributed by atoms with Gasteiger partial charge in [0, 0.05) is 29.1 Å². The lowest BCUT2D eigenvalue weighted by atomic mass is 9.88. The Morgan fingerprint density at radius 1 is 1.16 bits per heavy atom. The van der Waals surface area contributed by atoms with Gasteiger partial charge in [-0.15, -0.1) is 11.3 Å². The lowest BCUT2D eigenvalue weighted by molar-refractivity contribution is -0.119. The van der Waals surface area contributed by atoms with Gasteiger partial charge in [-0.25, -0.2) is 15.0 Å². The van der Waals surface area contributed by atoms with Crippen molar-refractivity contribution in [2.45, 2.75) is 83.6 Å². The maximum absolute atomic E-state index is 12.8. The van der Waals surface area contributed by atoms with Crippen LogP contribution in [0.5, 0.6) is 0 Å². The second-order valence-corrected chi connectivity index (χ2v) is 13.2. The molecule has 0 spiro atoms. The molecule has 1 unspecified atom stereocenters. The Balaban J connectivity index is 1.36. The van der Waals surface area contributed by atoms with Crippen molar-refractivity contribution in [3.63, 3.8) is 0 Å². The highest BCUT2D eigenvalue weighted by Gasteiger charge is 2.32. The van der Waals surface area contributed by atoms with E-state index in [0.29, 0.717) is 18.3 Å². The number of aryl methyl sites for hydroxylation is 1. The van der Waals surface area contributed by atoms with E-state index in [1.165, 1.54) is 28.5 Å². The summed E-state index contributed by atoms with van der Waals surface area (Å²) in [6.45, 7) is 11.4. The van der Waals surface area contributed by atoms with Gasteiger partial charge in [-0.2, -0.15) is 0 Å². The highest BCUT2D eigenvalue weighted by Crippen LogP contribution is 2.43. The van der Waals surface area contributed by atoms with Crippen LogP contribution in [0, 0.1) is 5.92 Å². The summed E-state index contributed by atoms with van der Waals surface area (Å²) in [6, 6.07) is 10.5. The normalized spacial score (nSPS) is 15.6. The van der Waals surface area contributed by atoms with Crippen LogP contribution in [0.3, 0.4) is 0 Å². The number of hydrogen-bond acceptors (Lipinski definition) is 7. The molecule has 38 heavy (non-hydrogen) atoms. The molecule has 0 bridgehead atoms. The van der Waals surface area contributed by atoms with E-state index in [0.717, 1.165) is 56.8 Å². The van der Waals surface area contributed by atoms with Crippen molar-refractivity contribution in [2.24, 2.45) is 5.92 Å². The average molecular weight is 549 g/mol. The Kier molecular flexibility index (Phi) is 8.03. The summed E-state index contributed by atoms with van der Waals surface area (Å²) < 4.78 is 7.21. The largest absolute Gasteiger partial charge is 0.370 e. The number of pyridine rings is 1. The third-order valence-corrected chi connectivity index (χ3v) is 9.14. The van der Waals surface area contributed by atoms with Gasteiger partial charge < -0.3 is 10.1 Å². The van der Waals surface area contributed by atoms with Gasteiger partial charge in [-0.3, -0.25) is 4.79 Å². The van der Waals surface area contributed by atoms with Gasteiger partial charge in [0.1, 0.15) is 16.2 Å². The van der Waals surface area contributed by atoms with Crippen LogP contribution in [-0.4, -0.2) is 38.3 Å². The van der Waals surface area contributed by atoms with Crippen molar-refractivity contribution >= 4 is 49.4 Å². The Labute approximate surface area is 233 Å². The molecule has 3 aromatic heterocycles. The monoisotopic (exact) mass is 548 g/mol. The van der Waals surface area contributed by atoms with E-state index >= 15 is 0 Å². The molecule has 0 fully saturated rings. The van der Waals surface area contributed by atoms with Crippen LogP contribution in [0.4, 0.5) is 0 Å². The summed E-state index contributed by atoms with van der Waals surface area (Å²) in [4.78, 5) is 28.2. The lowest BCUT2D eigenvalue weighted by Crippen LogP contribution is -2.34. The molecule has 6 nitrogen and oxygen atoms in total. The van der Waals surface area contributed by atoms with Gasteiger partial charge in [-0.05, 0) is 57.1 Å². The number of fused-ring (bicyclic) bond motifs is 5. The molecule has 4 heterocycles. The number of benzene rings is 1. The molecule has 5 rings (SSSR count). The first-order chi connectivity index (χ1) is 18.2. The molecule has 1 N–H and O–H groups in total. The zero-order valence-corrected chi connectivity index (χ0v) is 24.5. The van der Waals surface area contributed by atoms with Crippen molar-refractivity contribution in [3.8, 4) is 0 Å². The first kappa shape index (κ1) is 27.0. The molecule has 1 aliphatic rings. The number of thiophene rings is 1. The number of carbonyl (C=O) groups excluding carboxylic acids is 1. The van der Waals surface area contributed by atoms with Crippen LogP contribution < -0.4 is 5.32 Å². The summed E-state index contributed by atoms with van der Waals surface area (Å²) in [5, 5.41) is 5.12. The van der Waals surface area contributed by atoms with E-state index in [4.69, 9.17) is 14.7 Å². The van der Waals surface area contributed by atoms with Gasteiger partial charge in [0.25, 0.3) is 0 Å². The number of ether oxygens (including phenoxy) is 1. The first-order valence-corrected chi connectivity index (χ1v) is 15.2. The van der Waals surface area contributed by atoms with E-state index in [-0.39, 0.29) is 17.6 Å². The molecule has 0 radical (unpaired) electrons. The molecule has 4 aromatic rings. The Morgan fingerprint density at radius 2 is 1.95 bits per heavy atom. The van der Waals surface area contributed by atoms with Gasteiger partial charge in [0.2, 0.25) is 5.91 Å². The van der Waals surface area contributed by atoms with Gasteiger partial charge >= 0.3 is 0 Å². The topological polar surface area (TPSA) is 77.0 Å². The standard InChI is InChI=1S/C30H36N4O2S2/c1-18(2)13-23-22-15-36-30(4,5)14-21(22)25-26-27(38-28(25)34-23)29(32-17-31-26)37-16-24(35)33-19(3)11-12-20-9-7-6-8-10-20/h6-10,17-19H,11-16H2,1-5H3,(H,33,35). The molecule has 1 aliphatic heterocycles. The quantitative estimate of drug-likeness (QED) is 0.190. The van der Waals surface area contributed by atoms with Crippen LogP contribution in [0.1, 0.15) is 63.4 Å². The minimum absolute atomic E-state index is 0.0251. The third-order valence-electron chi connectivity index (χ3n) is 6.94. The summed E-state index contributed by atoms with van der Waals surface area (Å²) in [7, 11) is 0. The van der Waals surface area contributed by atoms with Crippen molar-refractivity contribution < 1.29 is 9.53 Å². The molecule has 200 valence electrons. The van der Waals surface area contributed by atoms with Crippen LogP contribution in [-0.2, 0) is 35.4 Å². The second-order valence-electron chi connectivity index (χ2n) is 11.3. The van der Waals surface area contributed by atoms with Crippen molar-refractivity contribution in [3.05, 3.63) is 59.0 Å². The summed E-state index contributed by atoms with van der Waals surface area (Å²) in [6.07, 6.45) is 5.22. The molecule has 0 saturated heterocycles. The fourth-order valence-electron chi connectivity index (χ4n) is 5.06. The maximum atomic E-state index is 12.8. The van der Waals surface area contributed by atoms with E-state index in [9.17, 15) is 4.79 Å². The predicted octanol–water partition coefficient (Wildman–Crippen LogP) is 6.52. The van der Waals surface area contributed by atoms with E-state index in [1.807, 2.05) is 6.07 Å². The number of nitrogens with zero attached hydrogens (tertiary/aromatic N) is 3. The molecular formula is C30H36N4O2S2. The van der Waals surface area contributed by atoms with Crippen molar-refractivity contribution in [1.29, 1.82) is 0 Å². The zero-order valence-electron chi connectivity index (χ0n) is 22.8. The zero-order chi connectivity index (χ0) is 26.9. The molecule has 0 saturated carbocycles. The first-order valence-electron chi connectivity index (χ1n) is 13.4. The Morgan fingerprint density at radius 3 is 2.71 bits per heavy atom. The molecule has 1 aromatic carbocycles. The number of hydrogen-bond donors (Lipinski definition) is 1. The predicted molar refractivity (Wildman–Crippen MR) is 157 cm³/mol. The SMILES string of the molecule is CC(C)Cc1nc2sc3c(SCC(=O)NC(C)CCc4ccccc4)ncnc3c2c2c1COC(C)(C)C2. The van der Waals surface area contributed by atoms with Gasteiger partial charge in [0.15, 0.2) is 0 Å². The lowest BCUT2D eigenvalue weighted by Gasteiger charge is -2.33. The van der Waals surface area contributed by atoms with E-state index in [1.54, 1.807) is 17.7 Å². The second kappa shape index (κ2) is 11.3. The van der Waals surface area contributed by atoms with Crippen LogP contribution in [0.25, 0.3) is 20.4 Å². The van der Waals surface area contributed by atoms with Gasteiger partial charge in [-0.1, -0.05) is 55.9 Å². The van der Waals surface area contributed by atoms with Crippen molar-refractivity contribution in [2.75, 3.05) is 5.75 Å². The van der Waals surface area contributed by atoms with Crippen molar-refractivity contribution in [1.82, 2.24) is 20.3 Å². The summed E-state index contributed by atoms with van der Waals surface area (Å²) in [5.74, 6) is 0.853. The molecule has 0 aliphatic carbocycles. The summed E-state index contributed by atoms with van der Waals surface area (Å²) >= 11 is 3.12. The summed E-state index contributed by atoms with van der Waals surface area (Å²) in [5.41, 5.74) is 5.67. The van der Waals surface area contributed by atoms with E-state index in [2.05, 4.69) is 69.2 Å². The minimum Gasteiger partial charge on any atom is -0.370 e. The minimum atomic E-state index is -0.232. The molecular weight excluding hydrogens is 512 g/mol. The smallest absolute Gasteiger partial charge is 0.230 e. The van der Waals surface area contributed by atoms with Crippen LogP contribution in [0.15, 0.2) is 41.7 Å². The Bertz CT molecular complexity index is 1450. The molecule has 1 amide bonds. The fourth-order valence-corrected chi connectivity index (χ4v) is 7.13. The Hall–Kier alpha value is -2.55. The number of amides is 1. The highest BCUT2D eigenvalue weighted by molar-refractivity contribution is 8.00. The number of aromatic nitrogens is 3. The number of carbonyl (C=O) groups is 1. The number of nitrogens with one attached hydrogen (secondary N) is 1. The van der Waals surface area contributed by atoms with Crippen LogP contribution in [0.2, 0.25) is 0 Å². The number of rotatable bonds is 9. The highest BCUT2D eigenvalue weighted by atomic mass is 32.2. The molecule has 8 heteroatoms. The van der Waals surface area contributed by atoms with E-state index < -0.39 is 0 Å². The number of thioether (sulfide) groups is 1. The van der Waals surface area contributed by atoms with Gasteiger partial charge in [0.05, 0.1) is 28.2 Å².